The number of hydrogen-bond donors (Lipinski definition) is 1. The highest BCUT2D eigenvalue weighted by Crippen LogP contribution is 2.22. The van der Waals surface area contributed by atoms with Gasteiger partial charge < -0.3 is 5.32 Å². The maximum atomic E-state index is 12.1. The van der Waals surface area contributed by atoms with Gasteiger partial charge in [0.05, 0.1) is 22.2 Å². The molecule has 7 heteroatoms. The van der Waals surface area contributed by atoms with Crippen molar-refractivity contribution >= 4 is 32.8 Å². The number of carbonyl (C=O) groups is 1. The average molecular weight is 381 g/mol. The second kappa shape index (κ2) is 8.10. The standard InChI is InChI=1S/C18H24N2O3S2/c1-12-8-13(2)18(14(3)9-12)20-17(21)6-5-7-25(22,23)11-16-10-24-15(4)19-16/h8-10H,5-7,11H2,1-4H3,(H,20,21). The molecular formula is C18H24N2O3S2. The zero-order valence-corrected chi connectivity index (χ0v) is 16.7. The highest BCUT2D eigenvalue weighted by Gasteiger charge is 2.15. The van der Waals surface area contributed by atoms with Gasteiger partial charge in [-0.2, -0.15) is 0 Å². The lowest BCUT2D eigenvalue weighted by molar-refractivity contribution is -0.116. The molecule has 0 aliphatic rings. The summed E-state index contributed by atoms with van der Waals surface area (Å²) in [6, 6.07) is 4.03. The second-order valence-corrected chi connectivity index (χ2v) is 9.62. The van der Waals surface area contributed by atoms with E-state index in [-0.39, 0.29) is 23.8 Å². The van der Waals surface area contributed by atoms with Crippen molar-refractivity contribution in [2.75, 3.05) is 11.1 Å². The van der Waals surface area contributed by atoms with Crippen LogP contribution in [-0.2, 0) is 20.4 Å². The number of nitrogens with zero attached hydrogens (tertiary/aromatic N) is 1. The summed E-state index contributed by atoms with van der Waals surface area (Å²) in [7, 11) is -3.25. The maximum absolute atomic E-state index is 12.1. The first-order valence-corrected chi connectivity index (χ1v) is 10.9. The van der Waals surface area contributed by atoms with E-state index in [1.807, 2.05) is 39.8 Å². The number of aromatic nitrogens is 1. The Kier molecular flexibility index (Phi) is 6.35. The molecule has 0 radical (unpaired) electrons. The quantitative estimate of drug-likeness (QED) is 0.794. The lowest BCUT2D eigenvalue weighted by Gasteiger charge is -2.12. The predicted octanol–water partition coefficient (Wildman–Crippen LogP) is 3.71. The van der Waals surface area contributed by atoms with Crippen LogP contribution in [0.5, 0.6) is 0 Å². The molecule has 1 aromatic heterocycles. The molecule has 1 amide bonds. The van der Waals surface area contributed by atoms with Crippen molar-refractivity contribution in [2.45, 2.75) is 46.3 Å². The van der Waals surface area contributed by atoms with E-state index >= 15 is 0 Å². The van der Waals surface area contributed by atoms with Crippen molar-refractivity contribution in [3.8, 4) is 0 Å². The topological polar surface area (TPSA) is 76.1 Å². The lowest BCUT2D eigenvalue weighted by atomic mass is 10.0. The van der Waals surface area contributed by atoms with Gasteiger partial charge in [0.2, 0.25) is 5.91 Å². The van der Waals surface area contributed by atoms with E-state index in [4.69, 9.17) is 0 Å². The number of rotatable bonds is 7. The van der Waals surface area contributed by atoms with Crippen LogP contribution in [0.25, 0.3) is 0 Å². The first kappa shape index (κ1) is 19.6. The summed E-state index contributed by atoms with van der Waals surface area (Å²) in [5.41, 5.74) is 4.57. The van der Waals surface area contributed by atoms with Crippen LogP contribution in [-0.4, -0.2) is 25.1 Å². The van der Waals surface area contributed by atoms with E-state index < -0.39 is 9.84 Å². The van der Waals surface area contributed by atoms with Crippen LogP contribution < -0.4 is 5.32 Å². The van der Waals surface area contributed by atoms with Gasteiger partial charge in [0.15, 0.2) is 9.84 Å². The summed E-state index contributed by atoms with van der Waals surface area (Å²) in [4.78, 5) is 16.3. The summed E-state index contributed by atoms with van der Waals surface area (Å²) in [6.45, 7) is 7.77. The molecule has 136 valence electrons. The number of nitrogens with one attached hydrogen (secondary N) is 1. The third-order valence-corrected chi connectivity index (χ3v) is 6.30. The third-order valence-electron chi connectivity index (χ3n) is 3.83. The molecule has 0 saturated heterocycles. The van der Waals surface area contributed by atoms with E-state index in [9.17, 15) is 13.2 Å². The average Bonchev–Trinajstić information content (AvgIpc) is 2.87. The van der Waals surface area contributed by atoms with Crippen molar-refractivity contribution in [1.29, 1.82) is 0 Å². The molecule has 0 fully saturated rings. The van der Waals surface area contributed by atoms with Gasteiger partial charge in [-0.1, -0.05) is 17.7 Å². The second-order valence-electron chi connectivity index (χ2n) is 6.38. The molecule has 0 spiro atoms. The molecule has 0 aliphatic carbocycles. The number of anilines is 1. The van der Waals surface area contributed by atoms with E-state index in [1.54, 1.807) is 5.38 Å². The van der Waals surface area contributed by atoms with Gasteiger partial charge in [0, 0.05) is 17.5 Å². The molecule has 2 rings (SSSR count). The van der Waals surface area contributed by atoms with Crippen molar-refractivity contribution in [3.63, 3.8) is 0 Å². The first-order chi connectivity index (χ1) is 11.7. The minimum Gasteiger partial charge on any atom is -0.326 e. The molecule has 2 aromatic rings. The Morgan fingerprint density at radius 2 is 1.80 bits per heavy atom. The van der Waals surface area contributed by atoms with Crippen LogP contribution in [0.15, 0.2) is 17.5 Å². The summed E-state index contributed by atoms with van der Waals surface area (Å²) >= 11 is 1.44. The Bertz CT molecular complexity index is 847. The summed E-state index contributed by atoms with van der Waals surface area (Å²) < 4.78 is 24.3. The maximum Gasteiger partial charge on any atom is 0.224 e. The number of aryl methyl sites for hydroxylation is 4. The monoisotopic (exact) mass is 380 g/mol. The Morgan fingerprint density at radius 3 is 2.36 bits per heavy atom. The van der Waals surface area contributed by atoms with Crippen LogP contribution in [0.1, 0.15) is 40.2 Å². The minimum absolute atomic E-state index is 0.0111. The zero-order valence-electron chi connectivity index (χ0n) is 15.0. The number of benzene rings is 1. The Morgan fingerprint density at radius 1 is 1.16 bits per heavy atom. The van der Waals surface area contributed by atoms with Gasteiger partial charge in [-0.15, -0.1) is 11.3 Å². The SMILES string of the molecule is Cc1cc(C)c(NC(=O)CCCS(=O)(=O)Cc2csc(C)n2)c(C)c1. The zero-order chi connectivity index (χ0) is 18.6. The number of hydrogen-bond acceptors (Lipinski definition) is 5. The summed E-state index contributed by atoms with van der Waals surface area (Å²) in [5.74, 6) is -0.229. The minimum atomic E-state index is -3.25. The lowest BCUT2D eigenvalue weighted by Crippen LogP contribution is -2.16. The van der Waals surface area contributed by atoms with Crippen LogP contribution in [0.2, 0.25) is 0 Å². The predicted molar refractivity (Wildman–Crippen MR) is 103 cm³/mol. The number of sulfone groups is 1. The van der Waals surface area contributed by atoms with Crippen LogP contribution in [0, 0.1) is 27.7 Å². The number of thiazole rings is 1. The van der Waals surface area contributed by atoms with Crippen LogP contribution >= 0.6 is 11.3 Å². The molecule has 1 heterocycles. The smallest absolute Gasteiger partial charge is 0.224 e. The van der Waals surface area contributed by atoms with E-state index in [0.717, 1.165) is 27.4 Å². The van der Waals surface area contributed by atoms with Crippen LogP contribution in [0.4, 0.5) is 5.69 Å². The normalized spacial score (nSPS) is 11.5. The third kappa shape index (κ3) is 5.93. The Labute approximate surface area is 153 Å². The molecular weight excluding hydrogens is 356 g/mol. The van der Waals surface area contributed by atoms with Gasteiger partial charge in [0.1, 0.15) is 0 Å². The van der Waals surface area contributed by atoms with Gasteiger partial charge in [-0.05, 0) is 45.2 Å². The molecule has 1 aromatic carbocycles. The van der Waals surface area contributed by atoms with Gasteiger partial charge in [-0.25, -0.2) is 13.4 Å². The highest BCUT2D eigenvalue weighted by molar-refractivity contribution is 7.90. The fourth-order valence-corrected chi connectivity index (χ4v) is 4.85. The van der Waals surface area contributed by atoms with Gasteiger partial charge in [0.25, 0.3) is 0 Å². The fraction of sp³-hybridized carbons (Fsp3) is 0.444. The van der Waals surface area contributed by atoms with Crippen LogP contribution in [0.3, 0.4) is 0 Å². The highest BCUT2D eigenvalue weighted by atomic mass is 32.2. The van der Waals surface area contributed by atoms with E-state index in [0.29, 0.717) is 12.1 Å². The van der Waals surface area contributed by atoms with Gasteiger partial charge >= 0.3 is 0 Å². The molecule has 0 bridgehead atoms. The van der Waals surface area contributed by atoms with E-state index in [1.165, 1.54) is 11.3 Å². The fourth-order valence-electron chi connectivity index (χ4n) is 2.80. The molecule has 0 atom stereocenters. The van der Waals surface area contributed by atoms with E-state index in [2.05, 4.69) is 10.3 Å². The summed E-state index contributed by atoms with van der Waals surface area (Å²) in [5, 5.41) is 5.52. The largest absolute Gasteiger partial charge is 0.326 e. The Hall–Kier alpha value is -1.73. The molecule has 0 saturated carbocycles. The summed E-state index contributed by atoms with van der Waals surface area (Å²) in [6.07, 6.45) is 0.489. The van der Waals surface area contributed by atoms with Crippen molar-refractivity contribution < 1.29 is 13.2 Å². The molecule has 0 unspecified atom stereocenters. The number of carbonyl (C=O) groups excluding carboxylic acids is 1. The van der Waals surface area contributed by atoms with Crippen molar-refractivity contribution in [2.24, 2.45) is 0 Å². The molecule has 25 heavy (non-hydrogen) atoms. The molecule has 5 nitrogen and oxygen atoms in total. The van der Waals surface area contributed by atoms with Crippen molar-refractivity contribution in [1.82, 2.24) is 4.98 Å². The Balaban J connectivity index is 1.86. The van der Waals surface area contributed by atoms with Gasteiger partial charge in [-0.3, -0.25) is 4.79 Å². The molecule has 1 N–H and O–H groups in total. The molecule has 0 aliphatic heterocycles. The van der Waals surface area contributed by atoms with Crippen molar-refractivity contribution in [3.05, 3.63) is 44.9 Å². The number of amides is 1. The first-order valence-electron chi connectivity index (χ1n) is 8.15.